The van der Waals surface area contributed by atoms with Gasteiger partial charge in [0.05, 0.1) is 5.69 Å². The van der Waals surface area contributed by atoms with Gasteiger partial charge in [0.1, 0.15) is 19.6 Å². The van der Waals surface area contributed by atoms with Crippen LogP contribution in [-0.4, -0.2) is 51.9 Å². The average Bonchev–Trinajstić information content (AvgIpc) is 2.57. The van der Waals surface area contributed by atoms with Crippen molar-refractivity contribution in [1.29, 1.82) is 0 Å². The first-order valence-electron chi connectivity index (χ1n) is 7.69. The Bertz CT molecular complexity index is 1550. The summed E-state index contributed by atoms with van der Waals surface area (Å²) in [5, 5.41) is 0. The van der Waals surface area contributed by atoms with Crippen LogP contribution in [0.3, 0.4) is 0 Å². The third kappa shape index (κ3) is 5.24. The molecule has 0 aliphatic rings. The molecular weight excluding hydrogens is 516 g/mol. The van der Waals surface area contributed by atoms with Crippen molar-refractivity contribution in [3.05, 3.63) is 47.5 Å². The van der Waals surface area contributed by atoms with Gasteiger partial charge >= 0.3 is 0 Å². The standard InChI is InChI=1S/C14H14N2O12S4/c15-8-3-1-7(2-4-8)11(29(17,18)19)12(30(20,21)22)9-5-6-10(16)14(32(26,27)28)13(9)31(23,24)25/h1-6H,15-16H2,(H,17,18,19)(H,20,21,22)(H,23,24,25)(H,26,27,28)/b12-11+. The van der Waals surface area contributed by atoms with Crippen molar-refractivity contribution in [3.63, 3.8) is 0 Å². The average molecular weight is 531 g/mol. The van der Waals surface area contributed by atoms with Crippen molar-refractivity contribution in [3.8, 4) is 0 Å². The van der Waals surface area contributed by atoms with Crippen LogP contribution in [0.1, 0.15) is 11.1 Å². The molecule has 0 unspecified atom stereocenters. The van der Waals surface area contributed by atoms with Gasteiger partial charge in [-0.05, 0) is 29.8 Å². The molecule has 0 aliphatic carbocycles. The molecule has 2 aromatic carbocycles. The Labute approximate surface area is 182 Å². The van der Waals surface area contributed by atoms with E-state index in [4.69, 9.17) is 11.5 Å². The summed E-state index contributed by atoms with van der Waals surface area (Å²) in [6.07, 6.45) is 0. The Morgan fingerprint density at radius 1 is 0.594 bits per heavy atom. The summed E-state index contributed by atoms with van der Waals surface area (Å²) in [6.45, 7) is 0. The predicted molar refractivity (Wildman–Crippen MR) is 111 cm³/mol. The smallest absolute Gasteiger partial charge is 0.298 e. The molecule has 176 valence electrons. The van der Waals surface area contributed by atoms with Crippen LogP contribution < -0.4 is 11.5 Å². The molecule has 0 fully saturated rings. The van der Waals surface area contributed by atoms with Crippen molar-refractivity contribution in [1.82, 2.24) is 0 Å². The highest BCUT2D eigenvalue weighted by molar-refractivity contribution is 8.01. The van der Waals surface area contributed by atoms with Gasteiger partial charge in [0, 0.05) is 11.3 Å². The molecule has 8 N–H and O–H groups in total. The van der Waals surface area contributed by atoms with Crippen LogP contribution >= 0.6 is 0 Å². The molecule has 18 heteroatoms. The number of nitrogens with two attached hydrogens (primary N) is 2. The van der Waals surface area contributed by atoms with E-state index < -0.39 is 76.9 Å². The number of anilines is 2. The molecule has 0 heterocycles. The second-order valence-corrected chi connectivity index (χ2v) is 11.5. The van der Waals surface area contributed by atoms with Gasteiger partial charge in [-0.3, -0.25) is 18.2 Å². The minimum absolute atomic E-state index is 0.0524. The van der Waals surface area contributed by atoms with Crippen molar-refractivity contribution in [2.45, 2.75) is 9.79 Å². The highest BCUT2D eigenvalue weighted by atomic mass is 32.2. The molecule has 2 rings (SSSR count). The minimum Gasteiger partial charge on any atom is -0.399 e. The maximum atomic E-state index is 12.2. The fraction of sp³-hybridized carbons (Fsp3) is 0. The molecule has 32 heavy (non-hydrogen) atoms. The van der Waals surface area contributed by atoms with E-state index in [1.807, 2.05) is 0 Å². The molecule has 0 bridgehead atoms. The zero-order valence-electron chi connectivity index (χ0n) is 15.3. The van der Waals surface area contributed by atoms with Crippen LogP contribution in [0.2, 0.25) is 0 Å². The van der Waals surface area contributed by atoms with Gasteiger partial charge in [0.2, 0.25) is 0 Å². The maximum absolute atomic E-state index is 12.2. The van der Waals surface area contributed by atoms with Crippen molar-refractivity contribution >= 4 is 61.7 Å². The molecule has 0 aliphatic heterocycles. The van der Waals surface area contributed by atoms with E-state index in [0.29, 0.717) is 12.1 Å². The zero-order valence-corrected chi connectivity index (χ0v) is 18.6. The van der Waals surface area contributed by atoms with E-state index in [-0.39, 0.29) is 5.69 Å². The second-order valence-electron chi connectivity index (χ2n) is 6.04. The summed E-state index contributed by atoms with van der Waals surface area (Å²) < 4.78 is 134. The highest BCUT2D eigenvalue weighted by Gasteiger charge is 2.38. The Morgan fingerprint density at radius 2 is 1.03 bits per heavy atom. The van der Waals surface area contributed by atoms with Gasteiger partial charge in [0.25, 0.3) is 40.5 Å². The van der Waals surface area contributed by atoms with E-state index in [1.165, 1.54) is 0 Å². The number of benzene rings is 2. The summed E-state index contributed by atoms with van der Waals surface area (Å²) in [7, 11) is -22.7. The van der Waals surface area contributed by atoms with Gasteiger partial charge in [-0.1, -0.05) is 12.1 Å². The number of hydrogen-bond donors (Lipinski definition) is 6. The molecule has 0 amide bonds. The highest BCUT2D eigenvalue weighted by Crippen LogP contribution is 2.40. The summed E-state index contributed by atoms with van der Waals surface area (Å²) in [5.41, 5.74) is 7.79. The van der Waals surface area contributed by atoms with Crippen molar-refractivity contribution in [2.75, 3.05) is 11.5 Å². The quantitative estimate of drug-likeness (QED) is 0.162. The van der Waals surface area contributed by atoms with Gasteiger partial charge in [-0.2, -0.15) is 33.7 Å². The SMILES string of the molecule is Nc1ccc(/C(=C(/c2ccc(N)c(S(=O)(=O)O)c2S(=O)(=O)O)S(=O)(=O)O)S(=O)(=O)O)cc1. The van der Waals surface area contributed by atoms with Crippen LogP contribution in [0, 0.1) is 0 Å². The first kappa shape index (κ1) is 25.7. The first-order valence-corrected chi connectivity index (χ1v) is 13.4. The van der Waals surface area contributed by atoms with E-state index in [2.05, 4.69) is 0 Å². The maximum Gasteiger partial charge on any atom is 0.298 e. The monoisotopic (exact) mass is 530 g/mol. The first-order chi connectivity index (χ1) is 14.3. The Hall–Kier alpha value is -2.58. The Balaban J connectivity index is 3.36. The molecule has 0 spiro atoms. The van der Waals surface area contributed by atoms with E-state index in [0.717, 1.165) is 24.3 Å². The Morgan fingerprint density at radius 3 is 1.41 bits per heavy atom. The van der Waals surface area contributed by atoms with Crippen LogP contribution in [0.15, 0.2) is 46.2 Å². The van der Waals surface area contributed by atoms with Crippen molar-refractivity contribution < 1.29 is 51.9 Å². The molecule has 2 aromatic rings. The molecule has 0 saturated heterocycles. The second kappa shape index (κ2) is 8.08. The number of hydrogen-bond acceptors (Lipinski definition) is 10. The molecule has 0 saturated carbocycles. The molecule has 14 nitrogen and oxygen atoms in total. The van der Waals surface area contributed by atoms with E-state index >= 15 is 0 Å². The summed E-state index contributed by atoms with van der Waals surface area (Å²) in [6, 6.07) is 4.83. The normalized spacial score (nSPS) is 14.1. The Kier molecular flexibility index (Phi) is 6.49. The third-order valence-corrected chi connectivity index (χ3v) is 7.85. The fourth-order valence-corrected chi connectivity index (χ4v) is 7.11. The predicted octanol–water partition coefficient (Wildman–Crippen LogP) is -0.0542. The summed E-state index contributed by atoms with van der Waals surface area (Å²) in [4.78, 5) is -7.02. The molecular formula is C14H14N2O12S4. The van der Waals surface area contributed by atoms with Crippen LogP contribution in [-0.2, 0) is 40.5 Å². The van der Waals surface area contributed by atoms with Gasteiger partial charge < -0.3 is 11.5 Å². The zero-order chi connectivity index (χ0) is 24.9. The molecule has 0 radical (unpaired) electrons. The number of nitrogen functional groups attached to an aromatic ring is 2. The summed E-state index contributed by atoms with van der Waals surface area (Å²) in [5.74, 6) is 0. The van der Waals surface area contributed by atoms with Gasteiger partial charge in [-0.15, -0.1) is 0 Å². The largest absolute Gasteiger partial charge is 0.399 e. The van der Waals surface area contributed by atoms with Gasteiger partial charge in [0.15, 0.2) is 0 Å². The van der Waals surface area contributed by atoms with Crippen LogP contribution in [0.4, 0.5) is 11.4 Å². The van der Waals surface area contributed by atoms with E-state index in [1.54, 1.807) is 0 Å². The van der Waals surface area contributed by atoms with Gasteiger partial charge in [-0.25, -0.2) is 0 Å². The van der Waals surface area contributed by atoms with Crippen LogP contribution in [0.25, 0.3) is 9.81 Å². The van der Waals surface area contributed by atoms with E-state index in [9.17, 15) is 51.9 Å². The minimum atomic E-state index is -5.80. The summed E-state index contributed by atoms with van der Waals surface area (Å²) >= 11 is 0. The molecule has 0 atom stereocenters. The topological polar surface area (TPSA) is 270 Å². The number of rotatable bonds is 6. The van der Waals surface area contributed by atoms with Crippen LogP contribution in [0.5, 0.6) is 0 Å². The lowest BCUT2D eigenvalue weighted by atomic mass is 10.1. The molecule has 0 aromatic heterocycles. The lowest BCUT2D eigenvalue weighted by Gasteiger charge is -2.17. The lowest BCUT2D eigenvalue weighted by Crippen LogP contribution is -2.17. The third-order valence-electron chi connectivity index (χ3n) is 3.80. The fourth-order valence-electron chi connectivity index (χ4n) is 2.69. The lowest BCUT2D eigenvalue weighted by molar-refractivity contribution is 0.466. The van der Waals surface area contributed by atoms with Crippen molar-refractivity contribution in [2.24, 2.45) is 0 Å².